The molecular formula is C36H49FN6O2. The van der Waals surface area contributed by atoms with Gasteiger partial charge in [0.15, 0.2) is 0 Å². The van der Waals surface area contributed by atoms with E-state index in [2.05, 4.69) is 50.6 Å². The lowest BCUT2D eigenvalue weighted by atomic mass is 9.85. The maximum absolute atomic E-state index is 14.7. The van der Waals surface area contributed by atoms with Gasteiger partial charge in [0.2, 0.25) is 0 Å². The fourth-order valence-electron chi connectivity index (χ4n) is 8.44. The quantitative estimate of drug-likeness (QED) is 0.367. The molecule has 4 aliphatic rings. The molecule has 7 rings (SSSR count). The Labute approximate surface area is 266 Å². The lowest BCUT2D eigenvalue weighted by Gasteiger charge is -2.47. The number of imidazole rings is 1. The van der Waals surface area contributed by atoms with Crippen LogP contribution < -0.4 is 5.32 Å². The van der Waals surface area contributed by atoms with Crippen LogP contribution in [0.2, 0.25) is 0 Å². The largest absolute Gasteiger partial charge is 0.377 e. The third-order valence-electron chi connectivity index (χ3n) is 11.0. The maximum Gasteiger partial charge on any atom is 0.254 e. The number of hydrogen-bond donors (Lipinski definition) is 1. The first kappa shape index (κ1) is 30.8. The molecule has 2 bridgehead atoms. The molecule has 0 aliphatic carbocycles. The number of likely N-dealkylation sites (tertiary alicyclic amines) is 1. The highest BCUT2D eigenvalue weighted by Crippen LogP contribution is 2.38. The monoisotopic (exact) mass is 616 g/mol. The summed E-state index contributed by atoms with van der Waals surface area (Å²) in [5, 5.41) is 3.61. The average Bonchev–Trinajstić information content (AvgIpc) is 3.47. The van der Waals surface area contributed by atoms with Crippen molar-refractivity contribution in [2.45, 2.75) is 83.5 Å². The van der Waals surface area contributed by atoms with Gasteiger partial charge in [-0.1, -0.05) is 19.9 Å². The van der Waals surface area contributed by atoms with Gasteiger partial charge in [0.25, 0.3) is 5.91 Å². The standard InChI is InChI=1S/C36H49FN6O2/c1-23(2)34(6-5-11-42-29-8-9-30(42)17-38-16-29)40-19-27(20-40)26-14-32(35-18-39-25(4)43(35)21-26)31-10-7-28(37)15-33(31)36(44)41-12-13-45-22-24(41)3/h7,10,14-15,18,21,23-24,27,29-30,34,38H,5-6,8-9,11-13,16-17,19-20,22H2,1-4H3/t24-,29?,30?,34-/m1/s1. The molecule has 8 nitrogen and oxygen atoms in total. The summed E-state index contributed by atoms with van der Waals surface area (Å²) < 4.78 is 22.4. The van der Waals surface area contributed by atoms with E-state index in [-0.39, 0.29) is 11.9 Å². The van der Waals surface area contributed by atoms with Crippen molar-refractivity contribution in [1.82, 2.24) is 29.4 Å². The van der Waals surface area contributed by atoms with Gasteiger partial charge in [-0.3, -0.25) is 14.6 Å². The van der Waals surface area contributed by atoms with Crippen LogP contribution in [-0.4, -0.2) is 107 Å². The van der Waals surface area contributed by atoms with Crippen molar-refractivity contribution in [2.75, 3.05) is 52.5 Å². The Kier molecular flexibility index (Phi) is 8.72. The van der Waals surface area contributed by atoms with Gasteiger partial charge < -0.3 is 19.4 Å². The molecule has 6 heterocycles. The van der Waals surface area contributed by atoms with Gasteiger partial charge in [0.05, 0.1) is 36.5 Å². The van der Waals surface area contributed by atoms with Crippen molar-refractivity contribution >= 4 is 11.4 Å². The molecule has 0 saturated carbocycles. The minimum absolute atomic E-state index is 0.0622. The Morgan fingerprint density at radius 2 is 1.91 bits per heavy atom. The van der Waals surface area contributed by atoms with E-state index in [1.54, 1.807) is 6.07 Å². The minimum atomic E-state index is -0.404. The zero-order chi connectivity index (χ0) is 31.2. The number of morpholine rings is 1. The maximum atomic E-state index is 14.7. The van der Waals surface area contributed by atoms with Gasteiger partial charge in [0, 0.05) is 68.5 Å². The van der Waals surface area contributed by atoms with E-state index in [4.69, 9.17) is 4.74 Å². The summed E-state index contributed by atoms with van der Waals surface area (Å²) in [6, 6.07) is 8.85. The summed E-state index contributed by atoms with van der Waals surface area (Å²) in [7, 11) is 0. The number of aryl methyl sites for hydroxylation is 1. The van der Waals surface area contributed by atoms with Crippen molar-refractivity contribution in [2.24, 2.45) is 5.92 Å². The van der Waals surface area contributed by atoms with Crippen LogP contribution in [0.15, 0.2) is 36.7 Å². The fraction of sp³-hybridized carbons (Fsp3) is 0.611. The first-order valence-corrected chi connectivity index (χ1v) is 17.1. The van der Waals surface area contributed by atoms with Gasteiger partial charge in [0.1, 0.15) is 11.6 Å². The lowest BCUT2D eigenvalue weighted by molar-refractivity contribution is 0.00361. The number of nitrogens with zero attached hydrogens (tertiary/aromatic N) is 5. The molecule has 3 aromatic rings. The molecule has 9 heteroatoms. The van der Waals surface area contributed by atoms with Gasteiger partial charge in [-0.2, -0.15) is 0 Å². The molecule has 1 aromatic carbocycles. The molecule has 45 heavy (non-hydrogen) atoms. The highest BCUT2D eigenvalue weighted by Gasteiger charge is 2.38. The summed E-state index contributed by atoms with van der Waals surface area (Å²) in [6.07, 6.45) is 9.28. The Morgan fingerprint density at radius 1 is 1.13 bits per heavy atom. The normalized spacial score (nSPS) is 25.3. The van der Waals surface area contributed by atoms with Crippen molar-refractivity contribution in [3.8, 4) is 11.1 Å². The second-order valence-electron chi connectivity index (χ2n) is 14.2. The summed E-state index contributed by atoms with van der Waals surface area (Å²) in [5.41, 5.74) is 4.27. The number of rotatable bonds is 9. The topological polar surface area (TPSA) is 65.4 Å². The van der Waals surface area contributed by atoms with Gasteiger partial charge >= 0.3 is 0 Å². The second-order valence-corrected chi connectivity index (χ2v) is 14.2. The van der Waals surface area contributed by atoms with E-state index < -0.39 is 5.82 Å². The summed E-state index contributed by atoms with van der Waals surface area (Å²) in [6.45, 7) is 15.8. The molecule has 242 valence electrons. The third kappa shape index (κ3) is 5.93. The molecule has 4 fully saturated rings. The number of fused-ring (bicyclic) bond motifs is 3. The third-order valence-corrected chi connectivity index (χ3v) is 11.0. The second kappa shape index (κ2) is 12.7. The molecule has 0 radical (unpaired) electrons. The molecule has 0 spiro atoms. The van der Waals surface area contributed by atoms with Crippen molar-refractivity contribution in [1.29, 1.82) is 0 Å². The van der Waals surface area contributed by atoms with Gasteiger partial charge in [-0.05, 0) is 81.3 Å². The van der Waals surface area contributed by atoms with Crippen LogP contribution in [0.3, 0.4) is 0 Å². The number of benzene rings is 1. The van der Waals surface area contributed by atoms with E-state index in [1.165, 1.54) is 49.9 Å². The van der Waals surface area contributed by atoms with Crippen molar-refractivity contribution in [3.63, 3.8) is 0 Å². The van der Waals surface area contributed by atoms with E-state index in [0.29, 0.717) is 43.2 Å². The van der Waals surface area contributed by atoms with E-state index in [9.17, 15) is 9.18 Å². The molecule has 1 amide bonds. The highest BCUT2D eigenvalue weighted by atomic mass is 19.1. The van der Waals surface area contributed by atoms with Crippen LogP contribution >= 0.6 is 0 Å². The zero-order valence-corrected chi connectivity index (χ0v) is 27.3. The van der Waals surface area contributed by atoms with Crippen molar-refractivity contribution < 1.29 is 13.9 Å². The summed E-state index contributed by atoms with van der Waals surface area (Å²) in [5.74, 6) is 1.36. The van der Waals surface area contributed by atoms with Gasteiger partial charge in [-0.25, -0.2) is 9.37 Å². The smallest absolute Gasteiger partial charge is 0.254 e. The number of carbonyl (C=O) groups is 1. The molecule has 2 aromatic heterocycles. The predicted molar refractivity (Wildman–Crippen MR) is 175 cm³/mol. The molecular weight excluding hydrogens is 567 g/mol. The fourth-order valence-corrected chi connectivity index (χ4v) is 8.44. The number of ether oxygens (including phenoxy) is 1. The average molecular weight is 617 g/mol. The Morgan fingerprint density at radius 3 is 2.64 bits per heavy atom. The van der Waals surface area contributed by atoms with E-state index in [0.717, 1.165) is 60.7 Å². The number of aromatic nitrogens is 2. The molecule has 4 saturated heterocycles. The van der Waals surface area contributed by atoms with Crippen LogP contribution in [0.25, 0.3) is 16.6 Å². The molecule has 4 atom stereocenters. The predicted octanol–water partition coefficient (Wildman–Crippen LogP) is 4.95. The minimum Gasteiger partial charge on any atom is -0.377 e. The molecule has 1 N–H and O–H groups in total. The molecule has 2 unspecified atom stereocenters. The lowest BCUT2D eigenvalue weighted by Crippen LogP contribution is -2.53. The van der Waals surface area contributed by atoms with Crippen LogP contribution in [0.5, 0.6) is 0 Å². The number of pyridine rings is 1. The van der Waals surface area contributed by atoms with E-state index in [1.807, 2.05) is 24.9 Å². The highest BCUT2D eigenvalue weighted by molar-refractivity contribution is 6.03. The Bertz CT molecular complexity index is 1520. The first-order chi connectivity index (χ1) is 21.8. The number of halogens is 1. The van der Waals surface area contributed by atoms with Crippen LogP contribution in [-0.2, 0) is 4.74 Å². The Balaban J connectivity index is 1.11. The number of carbonyl (C=O) groups excluding carboxylic acids is 1. The number of hydrogen-bond acceptors (Lipinski definition) is 6. The summed E-state index contributed by atoms with van der Waals surface area (Å²) in [4.78, 5) is 25.8. The van der Waals surface area contributed by atoms with Crippen LogP contribution in [0.4, 0.5) is 4.39 Å². The van der Waals surface area contributed by atoms with E-state index >= 15 is 0 Å². The van der Waals surface area contributed by atoms with Crippen molar-refractivity contribution in [3.05, 3.63) is 59.4 Å². The van der Waals surface area contributed by atoms with Crippen LogP contribution in [0, 0.1) is 18.7 Å². The first-order valence-electron chi connectivity index (χ1n) is 17.1. The molecule has 4 aliphatic heterocycles. The Hall–Kier alpha value is -2.85. The van der Waals surface area contributed by atoms with Crippen LogP contribution in [0.1, 0.15) is 74.1 Å². The number of amides is 1. The SMILES string of the molecule is Cc1ncc2c(-c3ccc(F)cc3C(=O)N3CCOC[C@H]3C)cc(C3CN([C@H](CCCN4C5CCC4CNC5)C(C)C)C3)cn12. The summed E-state index contributed by atoms with van der Waals surface area (Å²) >= 11 is 0. The number of piperazine rings is 1. The number of nitrogens with one attached hydrogen (secondary N) is 1. The zero-order valence-electron chi connectivity index (χ0n) is 27.3. The van der Waals surface area contributed by atoms with Gasteiger partial charge in [-0.15, -0.1) is 0 Å².